The van der Waals surface area contributed by atoms with Crippen molar-refractivity contribution in [1.82, 2.24) is 5.43 Å². The highest BCUT2D eigenvalue weighted by Gasteiger charge is 2.13. The predicted octanol–water partition coefficient (Wildman–Crippen LogP) is 2.22. The molecule has 1 rings (SSSR count). The molecule has 3 heteroatoms. The first-order valence-corrected chi connectivity index (χ1v) is 5.71. The molecule has 0 aliphatic heterocycles. The minimum Gasteiger partial charge on any atom is -0.494 e. The van der Waals surface area contributed by atoms with Crippen LogP contribution in [0.15, 0.2) is 24.3 Å². The molecule has 0 saturated carbocycles. The summed E-state index contributed by atoms with van der Waals surface area (Å²) >= 11 is 0. The molecule has 0 amide bonds. The highest BCUT2D eigenvalue weighted by atomic mass is 16.5. The van der Waals surface area contributed by atoms with Gasteiger partial charge in [0.2, 0.25) is 0 Å². The molecule has 1 aromatic carbocycles. The normalized spacial score (nSPS) is 11.5. The summed E-state index contributed by atoms with van der Waals surface area (Å²) in [6.45, 7) is 8.07. The number of hydrazine groups is 1. The van der Waals surface area contributed by atoms with E-state index < -0.39 is 0 Å². The zero-order chi connectivity index (χ0) is 12.0. The molecule has 16 heavy (non-hydrogen) atoms. The van der Waals surface area contributed by atoms with Crippen molar-refractivity contribution in [2.45, 2.75) is 32.6 Å². The zero-order valence-electron chi connectivity index (χ0n) is 10.4. The van der Waals surface area contributed by atoms with E-state index >= 15 is 0 Å². The van der Waals surface area contributed by atoms with Gasteiger partial charge in [0, 0.05) is 6.54 Å². The number of ether oxygens (including phenoxy) is 1. The van der Waals surface area contributed by atoms with Gasteiger partial charge in [0.1, 0.15) is 5.75 Å². The van der Waals surface area contributed by atoms with Crippen LogP contribution >= 0.6 is 0 Å². The van der Waals surface area contributed by atoms with Crippen molar-refractivity contribution >= 4 is 0 Å². The van der Waals surface area contributed by atoms with Gasteiger partial charge >= 0.3 is 0 Å². The van der Waals surface area contributed by atoms with Crippen LogP contribution < -0.4 is 16.0 Å². The summed E-state index contributed by atoms with van der Waals surface area (Å²) in [4.78, 5) is 0. The Morgan fingerprint density at radius 3 is 2.69 bits per heavy atom. The Bertz CT molecular complexity index is 318. The Kier molecular flexibility index (Phi) is 4.77. The van der Waals surface area contributed by atoms with Gasteiger partial charge in [-0.3, -0.25) is 11.3 Å². The standard InChI is InChI=1S/C13H22N2O/c1-13(2,3)11-6-4-7-12(10-11)16-9-5-8-15-14/h4,6-7,10,15H,5,8-9,14H2,1-3H3. The second kappa shape index (κ2) is 5.87. The van der Waals surface area contributed by atoms with E-state index in [4.69, 9.17) is 10.6 Å². The number of benzene rings is 1. The van der Waals surface area contributed by atoms with E-state index in [0.717, 1.165) is 18.7 Å². The first-order chi connectivity index (χ1) is 7.54. The summed E-state index contributed by atoms with van der Waals surface area (Å²) in [7, 11) is 0. The van der Waals surface area contributed by atoms with Gasteiger partial charge in [0.05, 0.1) is 6.61 Å². The largest absolute Gasteiger partial charge is 0.494 e. The lowest BCUT2D eigenvalue weighted by Gasteiger charge is -2.19. The van der Waals surface area contributed by atoms with Crippen LogP contribution in [0.1, 0.15) is 32.8 Å². The molecule has 0 saturated heterocycles. The van der Waals surface area contributed by atoms with Crippen molar-refractivity contribution in [3.63, 3.8) is 0 Å². The molecule has 0 spiro atoms. The molecule has 3 nitrogen and oxygen atoms in total. The van der Waals surface area contributed by atoms with Crippen molar-refractivity contribution < 1.29 is 4.74 Å². The van der Waals surface area contributed by atoms with Gasteiger partial charge in [-0.25, -0.2) is 0 Å². The molecular weight excluding hydrogens is 200 g/mol. The molecular formula is C13H22N2O. The fourth-order valence-electron chi connectivity index (χ4n) is 1.42. The second-order valence-electron chi connectivity index (χ2n) is 4.93. The highest BCUT2D eigenvalue weighted by Crippen LogP contribution is 2.25. The van der Waals surface area contributed by atoms with Crippen molar-refractivity contribution in [3.05, 3.63) is 29.8 Å². The van der Waals surface area contributed by atoms with Gasteiger partial charge in [0.25, 0.3) is 0 Å². The maximum Gasteiger partial charge on any atom is 0.119 e. The number of nitrogens with two attached hydrogens (primary N) is 1. The average molecular weight is 222 g/mol. The Hall–Kier alpha value is -1.06. The molecule has 0 atom stereocenters. The smallest absolute Gasteiger partial charge is 0.119 e. The van der Waals surface area contributed by atoms with Crippen LogP contribution in [-0.2, 0) is 5.41 Å². The fraction of sp³-hybridized carbons (Fsp3) is 0.538. The molecule has 0 aromatic heterocycles. The van der Waals surface area contributed by atoms with Crippen molar-refractivity contribution in [1.29, 1.82) is 0 Å². The topological polar surface area (TPSA) is 47.3 Å². The van der Waals surface area contributed by atoms with E-state index in [2.05, 4.69) is 38.3 Å². The van der Waals surface area contributed by atoms with Gasteiger partial charge in [-0.2, -0.15) is 0 Å². The Morgan fingerprint density at radius 2 is 2.06 bits per heavy atom. The summed E-state index contributed by atoms with van der Waals surface area (Å²) in [5.74, 6) is 6.12. The van der Waals surface area contributed by atoms with Crippen LogP contribution in [0.3, 0.4) is 0 Å². The molecule has 0 bridgehead atoms. The zero-order valence-corrected chi connectivity index (χ0v) is 10.4. The van der Waals surface area contributed by atoms with Crippen LogP contribution in [0.2, 0.25) is 0 Å². The van der Waals surface area contributed by atoms with E-state index in [1.807, 2.05) is 12.1 Å². The molecule has 0 unspecified atom stereocenters. The minimum atomic E-state index is 0.165. The van der Waals surface area contributed by atoms with Gasteiger partial charge in [-0.05, 0) is 29.5 Å². The third kappa shape index (κ3) is 4.21. The third-order valence-electron chi connectivity index (χ3n) is 2.43. The number of rotatable bonds is 5. The van der Waals surface area contributed by atoms with Gasteiger partial charge in [-0.15, -0.1) is 0 Å². The van der Waals surface area contributed by atoms with E-state index in [1.165, 1.54) is 5.56 Å². The molecule has 0 radical (unpaired) electrons. The third-order valence-corrected chi connectivity index (χ3v) is 2.43. The summed E-state index contributed by atoms with van der Waals surface area (Å²) < 4.78 is 5.65. The van der Waals surface area contributed by atoms with E-state index in [0.29, 0.717) is 6.61 Å². The molecule has 0 fully saturated rings. The first-order valence-electron chi connectivity index (χ1n) is 5.71. The molecule has 3 N–H and O–H groups in total. The van der Waals surface area contributed by atoms with E-state index in [9.17, 15) is 0 Å². The SMILES string of the molecule is CC(C)(C)c1cccc(OCCCNN)c1. The van der Waals surface area contributed by atoms with Crippen molar-refractivity contribution in [2.24, 2.45) is 5.84 Å². The lowest BCUT2D eigenvalue weighted by atomic mass is 9.87. The molecule has 0 aliphatic carbocycles. The Balaban J connectivity index is 2.54. The average Bonchev–Trinajstić information content (AvgIpc) is 2.24. The van der Waals surface area contributed by atoms with Gasteiger partial charge < -0.3 is 4.74 Å². The monoisotopic (exact) mass is 222 g/mol. The number of nitrogens with one attached hydrogen (secondary N) is 1. The predicted molar refractivity (Wildman–Crippen MR) is 67.4 cm³/mol. The maximum atomic E-state index is 5.65. The fourth-order valence-corrected chi connectivity index (χ4v) is 1.42. The van der Waals surface area contributed by atoms with Crippen LogP contribution in [0.25, 0.3) is 0 Å². The molecule has 90 valence electrons. The van der Waals surface area contributed by atoms with Crippen LogP contribution in [0, 0.1) is 0 Å². The van der Waals surface area contributed by atoms with Gasteiger partial charge in [-0.1, -0.05) is 32.9 Å². The molecule has 1 aromatic rings. The summed E-state index contributed by atoms with van der Waals surface area (Å²) in [5.41, 5.74) is 4.07. The second-order valence-corrected chi connectivity index (χ2v) is 4.93. The van der Waals surface area contributed by atoms with E-state index in [-0.39, 0.29) is 5.41 Å². The van der Waals surface area contributed by atoms with E-state index in [1.54, 1.807) is 0 Å². The number of hydrogen-bond donors (Lipinski definition) is 2. The Morgan fingerprint density at radius 1 is 1.31 bits per heavy atom. The molecule has 0 heterocycles. The highest BCUT2D eigenvalue weighted by molar-refractivity contribution is 5.32. The Labute approximate surface area is 98.0 Å². The lowest BCUT2D eigenvalue weighted by Crippen LogP contribution is -2.24. The number of hydrogen-bond acceptors (Lipinski definition) is 3. The lowest BCUT2D eigenvalue weighted by molar-refractivity contribution is 0.308. The van der Waals surface area contributed by atoms with Crippen LogP contribution in [0.4, 0.5) is 0 Å². The summed E-state index contributed by atoms with van der Waals surface area (Å²) in [6.07, 6.45) is 0.913. The summed E-state index contributed by atoms with van der Waals surface area (Å²) in [6, 6.07) is 8.27. The quantitative estimate of drug-likeness (QED) is 0.456. The molecule has 0 aliphatic rings. The minimum absolute atomic E-state index is 0.165. The van der Waals surface area contributed by atoms with Crippen molar-refractivity contribution in [3.8, 4) is 5.75 Å². The van der Waals surface area contributed by atoms with Gasteiger partial charge in [0.15, 0.2) is 0 Å². The van der Waals surface area contributed by atoms with Crippen molar-refractivity contribution in [2.75, 3.05) is 13.2 Å². The summed E-state index contributed by atoms with van der Waals surface area (Å²) in [5, 5.41) is 0. The maximum absolute atomic E-state index is 5.65. The van der Waals surface area contributed by atoms with Crippen LogP contribution in [-0.4, -0.2) is 13.2 Å². The van der Waals surface area contributed by atoms with Crippen LogP contribution in [0.5, 0.6) is 5.75 Å². The first kappa shape index (κ1) is 13.0.